The zero-order chi connectivity index (χ0) is 15.3. The van der Waals surface area contributed by atoms with Gasteiger partial charge in [0.2, 0.25) is 0 Å². The molecule has 6 heteroatoms. The van der Waals surface area contributed by atoms with Crippen molar-refractivity contribution in [1.29, 1.82) is 0 Å². The van der Waals surface area contributed by atoms with Gasteiger partial charge in [-0.1, -0.05) is 0 Å². The molecule has 20 heavy (non-hydrogen) atoms. The molecule has 2 amide bonds. The number of carbonyl (C=O) groups is 2. The van der Waals surface area contributed by atoms with Gasteiger partial charge in [-0.15, -0.1) is 0 Å². The summed E-state index contributed by atoms with van der Waals surface area (Å²) in [4.78, 5) is 23.6. The van der Waals surface area contributed by atoms with E-state index in [1.165, 1.54) is 7.05 Å². The number of nitrogens with zero attached hydrogens (tertiary/aromatic N) is 1. The molecular weight excluding hydrogens is 260 g/mol. The summed E-state index contributed by atoms with van der Waals surface area (Å²) in [6.45, 7) is 5.26. The fraction of sp³-hybridized carbons (Fsp3) is 0.429. The molecule has 1 rings (SSSR count). The van der Waals surface area contributed by atoms with Crippen LogP contribution < -0.4 is 10.2 Å². The zero-order valence-electron chi connectivity index (χ0n) is 12.4. The lowest BCUT2D eigenvalue weighted by molar-refractivity contribution is 0.0195. The molecule has 0 aliphatic carbocycles. The van der Waals surface area contributed by atoms with E-state index in [1.54, 1.807) is 52.1 Å². The Balaban J connectivity index is 2.62. The standard InChI is InChI=1S/C14H20N2O4/c1-14(2,3)20-13(18)16(4)15-12(17)10-6-8-11(19-5)9-7-10/h6-9H,1-5H3,(H,15,17). The van der Waals surface area contributed by atoms with Gasteiger partial charge in [-0.25, -0.2) is 9.80 Å². The first kappa shape index (κ1) is 15.8. The molecule has 0 fully saturated rings. The van der Waals surface area contributed by atoms with E-state index in [0.29, 0.717) is 11.3 Å². The maximum atomic E-state index is 11.9. The quantitative estimate of drug-likeness (QED) is 0.843. The van der Waals surface area contributed by atoms with Gasteiger partial charge < -0.3 is 9.47 Å². The second kappa shape index (κ2) is 6.27. The molecule has 1 aromatic rings. The van der Waals surface area contributed by atoms with Gasteiger partial charge in [0.1, 0.15) is 11.4 Å². The number of amides is 2. The molecule has 0 heterocycles. The van der Waals surface area contributed by atoms with Crippen molar-refractivity contribution in [1.82, 2.24) is 10.4 Å². The minimum atomic E-state index is -0.626. The highest BCUT2D eigenvalue weighted by Gasteiger charge is 2.21. The van der Waals surface area contributed by atoms with Crippen molar-refractivity contribution in [3.05, 3.63) is 29.8 Å². The van der Waals surface area contributed by atoms with Crippen LogP contribution in [0.5, 0.6) is 5.75 Å². The van der Waals surface area contributed by atoms with Gasteiger partial charge in [-0.3, -0.25) is 10.2 Å². The van der Waals surface area contributed by atoms with E-state index >= 15 is 0 Å². The molecule has 0 saturated heterocycles. The molecule has 0 aromatic heterocycles. The summed E-state index contributed by atoms with van der Waals surface area (Å²) in [6.07, 6.45) is -0.626. The van der Waals surface area contributed by atoms with Crippen LogP contribution in [0.2, 0.25) is 0 Å². The molecule has 0 atom stereocenters. The number of ether oxygens (including phenoxy) is 2. The van der Waals surface area contributed by atoms with E-state index in [1.807, 2.05) is 0 Å². The molecule has 0 spiro atoms. The highest BCUT2D eigenvalue weighted by molar-refractivity contribution is 5.95. The van der Waals surface area contributed by atoms with Gasteiger partial charge in [0.15, 0.2) is 0 Å². The number of carbonyl (C=O) groups excluding carboxylic acids is 2. The van der Waals surface area contributed by atoms with E-state index in [2.05, 4.69) is 5.43 Å². The van der Waals surface area contributed by atoms with Crippen LogP contribution in [0.4, 0.5) is 4.79 Å². The predicted molar refractivity (Wildman–Crippen MR) is 74.5 cm³/mol. The smallest absolute Gasteiger partial charge is 0.428 e. The Bertz CT molecular complexity index is 477. The van der Waals surface area contributed by atoms with Crippen LogP contribution in [0.1, 0.15) is 31.1 Å². The summed E-state index contributed by atoms with van der Waals surface area (Å²) in [5.74, 6) is 0.253. The Labute approximate surface area is 118 Å². The van der Waals surface area contributed by atoms with Crippen LogP contribution in [0, 0.1) is 0 Å². The topological polar surface area (TPSA) is 67.9 Å². The molecule has 0 aliphatic heterocycles. The summed E-state index contributed by atoms with van der Waals surface area (Å²) < 4.78 is 10.1. The van der Waals surface area contributed by atoms with Gasteiger partial charge in [0, 0.05) is 12.6 Å². The Morgan fingerprint density at radius 1 is 1.15 bits per heavy atom. The Hall–Kier alpha value is -2.24. The molecule has 0 unspecified atom stereocenters. The maximum absolute atomic E-state index is 11.9. The lowest BCUT2D eigenvalue weighted by Crippen LogP contribution is -2.45. The van der Waals surface area contributed by atoms with E-state index in [9.17, 15) is 9.59 Å². The summed E-state index contributed by atoms with van der Waals surface area (Å²) in [5.41, 5.74) is 2.24. The summed E-state index contributed by atoms with van der Waals surface area (Å²) in [5, 5.41) is 1.01. The van der Waals surface area contributed by atoms with E-state index in [4.69, 9.17) is 9.47 Å². The SMILES string of the molecule is COc1ccc(C(=O)NN(C)C(=O)OC(C)(C)C)cc1. The predicted octanol–water partition coefficient (Wildman–Crippen LogP) is 2.21. The first-order chi connectivity index (χ1) is 9.23. The van der Waals surface area contributed by atoms with Crippen molar-refractivity contribution in [3.63, 3.8) is 0 Å². The fourth-order valence-corrected chi connectivity index (χ4v) is 1.34. The summed E-state index contributed by atoms with van der Waals surface area (Å²) >= 11 is 0. The van der Waals surface area contributed by atoms with Gasteiger partial charge >= 0.3 is 6.09 Å². The van der Waals surface area contributed by atoms with E-state index in [0.717, 1.165) is 5.01 Å². The van der Waals surface area contributed by atoms with Crippen LogP contribution >= 0.6 is 0 Å². The average molecular weight is 280 g/mol. The van der Waals surface area contributed by atoms with Crippen molar-refractivity contribution < 1.29 is 19.1 Å². The second-order valence-electron chi connectivity index (χ2n) is 5.21. The normalized spacial score (nSPS) is 10.7. The van der Waals surface area contributed by atoms with E-state index in [-0.39, 0.29) is 0 Å². The Kier molecular flexibility index (Phi) is 4.96. The number of rotatable bonds is 2. The number of hydrazine groups is 1. The molecule has 0 saturated carbocycles. The van der Waals surface area contributed by atoms with Crippen LogP contribution in [0.15, 0.2) is 24.3 Å². The highest BCUT2D eigenvalue weighted by Crippen LogP contribution is 2.12. The third-order valence-electron chi connectivity index (χ3n) is 2.29. The van der Waals surface area contributed by atoms with Gasteiger partial charge in [0.05, 0.1) is 7.11 Å². The van der Waals surface area contributed by atoms with Crippen molar-refractivity contribution in [3.8, 4) is 5.75 Å². The number of hydrogen-bond donors (Lipinski definition) is 1. The molecule has 1 aromatic carbocycles. The molecule has 1 N–H and O–H groups in total. The monoisotopic (exact) mass is 280 g/mol. The lowest BCUT2D eigenvalue weighted by Gasteiger charge is -2.24. The molecule has 110 valence electrons. The Morgan fingerprint density at radius 2 is 1.70 bits per heavy atom. The van der Waals surface area contributed by atoms with Crippen LogP contribution in [0.3, 0.4) is 0 Å². The highest BCUT2D eigenvalue weighted by atomic mass is 16.6. The molecule has 0 radical (unpaired) electrons. The number of hydrogen-bond acceptors (Lipinski definition) is 4. The van der Waals surface area contributed by atoms with Gasteiger partial charge in [-0.2, -0.15) is 0 Å². The summed E-state index contributed by atoms with van der Waals surface area (Å²) in [7, 11) is 2.97. The molecule has 0 bridgehead atoms. The van der Waals surface area contributed by atoms with Crippen molar-refractivity contribution in [2.24, 2.45) is 0 Å². The minimum absolute atomic E-state index is 0.402. The van der Waals surface area contributed by atoms with Crippen molar-refractivity contribution in [2.75, 3.05) is 14.2 Å². The minimum Gasteiger partial charge on any atom is -0.497 e. The third-order valence-corrected chi connectivity index (χ3v) is 2.29. The molecule has 6 nitrogen and oxygen atoms in total. The van der Waals surface area contributed by atoms with Gasteiger partial charge in [0.25, 0.3) is 5.91 Å². The number of methoxy groups -OCH3 is 1. The zero-order valence-corrected chi connectivity index (χ0v) is 12.4. The van der Waals surface area contributed by atoms with Crippen molar-refractivity contribution in [2.45, 2.75) is 26.4 Å². The van der Waals surface area contributed by atoms with Crippen LogP contribution in [-0.4, -0.2) is 36.8 Å². The lowest BCUT2D eigenvalue weighted by atomic mass is 10.2. The largest absolute Gasteiger partial charge is 0.497 e. The average Bonchev–Trinajstić information content (AvgIpc) is 2.36. The second-order valence-corrected chi connectivity index (χ2v) is 5.21. The Morgan fingerprint density at radius 3 is 2.15 bits per heavy atom. The van der Waals surface area contributed by atoms with Crippen molar-refractivity contribution >= 4 is 12.0 Å². The molecular formula is C14H20N2O4. The fourth-order valence-electron chi connectivity index (χ4n) is 1.34. The van der Waals surface area contributed by atoms with Crippen LogP contribution in [-0.2, 0) is 4.74 Å². The first-order valence-corrected chi connectivity index (χ1v) is 6.14. The first-order valence-electron chi connectivity index (χ1n) is 6.14. The van der Waals surface area contributed by atoms with Crippen LogP contribution in [0.25, 0.3) is 0 Å². The maximum Gasteiger partial charge on any atom is 0.428 e. The number of benzene rings is 1. The third kappa shape index (κ3) is 4.79. The number of nitrogens with one attached hydrogen (secondary N) is 1. The molecule has 0 aliphatic rings. The van der Waals surface area contributed by atoms with E-state index < -0.39 is 17.6 Å². The van der Waals surface area contributed by atoms with Gasteiger partial charge in [-0.05, 0) is 45.0 Å². The summed E-state index contributed by atoms with van der Waals surface area (Å²) in [6, 6.07) is 6.55.